The van der Waals surface area contributed by atoms with Gasteiger partial charge in [0.05, 0.1) is 36.3 Å². The molecule has 1 fully saturated rings. The van der Waals surface area contributed by atoms with Gasteiger partial charge in [-0.1, -0.05) is 12.2 Å². The number of furan rings is 1. The number of hydrogen-bond acceptors (Lipinski definition) is 5. The Balaban J connectivity index is 0.000000269. The first-order valence-corrected chi connectivity index (χ1v) is 7.78. The molecule has 3 heterocycles. The summed E-state index contributed by atoms with van der Waals surface area (Å²) < 4.78 is 48.2. The van der Waals surface area contributed by atoms with Gasteiger partial charge in [-0.25, -0.2) is 0 Å². The van der Waals surface area contributed by atoms with Gasteiger partial charge in [0, 0.05) is 13.1 Å². The zero-order valence-corrected chi connectivity index (χ0v) is 14.2. The maximum absolute atomic E-state index is 12.8. The number of aromatic nitrogens is 1. The number of rotatable bonds is 1. The van der Waals surface area contributed by atoms with E-state index in [4.69, 9.17) is 26.6 Å². The number of ether oxygens (including phenoxy) is 1. The number of pyridine rings is 1. The van der Waals surface area contributed by atoms with Crippen LogP contribution in [0.5, 0.6) is 0 Å². The second kappa shape index (κ2) is 8.29. The fourth-order valence-corrected chi connectivity index (χ4v) is 2.38. The van der Waals surface area contributed by atoms with Crippen LogP contribution < -0.4 is 0 Å². The van der Waals surface area contributed by atoms with Gasteiger partial charge in [0.15, 0.2) is 0 Å². The van der Waals surface area contributed by atoms with Crippen LogP contribution in [0.3, 0.4) is 0 Å². The summed E-state index contributed by atoms with van der Waals surface area (Å²) in [5, 5.41) is 8.72. The molecular weight excluding hydrogens is 355 g/mol. The van der Waals surface area contributed by atoms with Crippen LogP contribution in [0.4, 0.5) is 13.2 Å². The van der Waals surface area contributed by atoms with Crippen molar-refractivity contribution in [3.05, 3.63) is 40.2 Å². The van der Waals surface area contributed by atoms with Crippen molar-refractivity contribution in [1.82, 2.24) is 9.88 Å². The van der Waals surface area contributed by atoms with E-state index in [1.807, 2.05) is 0 Å². The Kier molecular flexibility index (Phi) is 6.36. The van der Waals surface area contributed by atoms with E-state index in [2.05, 4.69) is 16.9 Å². The quantitative estimate of drug-likeness (QED) is 0.772. The number of halogens is 3. The second-order valence-electron chi connectivity index (χ2n) is 5.30. The number of nitrogens with one attached hydrogen (secondary N) is 1. The topological polar surface area (TPSA) is 65.2 Å². The number of nitriles is 1. The van der Waals surface area contributed by atoms with Gasteiger partial charge in [-0.05, 0) is 25.2 Å². The van der Waals surface area contributed by atoms with E-state index in [9.17, 15) is 13.2 Å². The number of morpholine rings is 1. The lowest BCUT2D eigenvalue weighted by Gasteiger charge is -2.21. The molecule has 2 aromatic heterocycles. The SMILES string of the molecule is CN1CCOCC1.N#Cc1c(C(F)(F)F)cc(-c2ccco2)[nH]c1=S. The van der Waals surface area contributed by atoms with Crippen LogP contribution >= 0.6 is 12.2 Å². The molecule has 0 aromatic carbocycles. The van der Waals surface area contributed by atoms with Crippen LogP contribution in [-0.4, -0.2) is 43.2 Å². The molecule has 1 aliphatic rings. The Bertz CT molecular complexity index is 788. The summed E-state index contributed by atoms with van der Waals surface area (Å²) in [6, 6.07) is 5.30. The summed E-state index contributed by atoms with van der Waals surface area (Å²) in [4.78, 5) is 4.81. The maximum Gasteiger partial charge on any atom is 0.417 e. The van der Waals surface area contributed by atoms with Gasteiger partial charge in [-0.15, -0.1) is 0 Å². The molecule has 2 aromatic rings. The Hall–Kier alpha value is -2.15. The van der Waals surface area contributed by atoms with Crippen LogP contribution in [0.2, 0.25) is 0 Å². The molecule has 1 aliphatic heterocycles. The molecule has 1 N–H and O–H groups in total. The number of alkyl halides is 3. The Morgan fingerprint density at radius 3 is 2.44 bits per heavy atom. The molecule has 0 spiro atoms. The van der Waals surface area contributed by atoms with Crippen molar-refractivity contribution in [2.45, 2.75) is 6.18 Å². The zero-order valence-electron chi connectivity index (χ0n) is 13.4. The van der Waals surface area contributed by atoms with Crippen molar-refractivity contribution in [2.75, 3.05) is 33.4 Å². The van der Waals surface area contributed by atoms with Crippen LogP contribution in [0, 0.1) is 16.0 Å². The first-order chi connectivity index (χ1) is 11.8. The number of nitrogens with zero attached hydrogens (tertiary/aromatic N) is 2. The first-order valence-electron chi connectivity index (χ1n) is 7.37. The Morgan fingerprint density at radius 1 is 1.32 bits per heavy atom. The summed E-state index contributed by atoms with van der Waals surface area (Å²) in [7, 11) is 2.11. The fraction of sp³-hybridized carbons (Fsp3) is 0.375. The number of hydrogen-bond donors (Lipinski definition) is 1. The largest absolute Gasteiger partial charge is 0.463 e. The monoisotopic (exact) mass is 371 g/mol. The molecule has 0 unspecified atom stereocenters. The van der Waals surface area contributed by atoms with E-state index < -0.39 is 17.3 Å². The highest BCUT2D eigenvalue weighted by molar-refractivity contribution is 7.71. The molecule has 1 saturated heterocycles. The lowest BCUT2D eigenvalue weighted by Crippen LogP contribution is -2.32. The van der Waals surface area contributed by atoms with Gasteiger partial charge in [-0.3, -0.25) is 0 Å². The van der Waals surface area contributed by atoms with Gasteiger partial charge in [0.2, 0.25) is 0 Å². The minimum absolute atomic E-state index is 0.0799. The molecule has 134 valence electrons. The average Bonchev–Trinajstić information content (AvgIpc) is 3.09. The molecule has 0 atom stereocenters. The summed E-state index contributed by atoms with van der Waals surface area (Å²) in [5.74, 6) is 0.219. The molecule has 0 saturated carbocycles. The molecule has 9 heteroatoms. The van der Waals surface area contributed by atoms with E-state index in [1.54, 1.807) is 0 Å². The van der Waals surface area contributed by atoms with Crippen LogP contribution in [0.15, 0.2) is 28.9 Å². The van der Waals surface area contributed by atoms with E-state index in [0.717, 1.165) is 32.4 Å². The smallest absolute Gasteiger partial charge is 0.417 e. The highest BCUT2D eigenvalue weighted by Crippen LogP contribution is 2.34. The Labute approximate surface area is 147 Å². The average molecular weight is 371 g/mol. The molecule has 0 amide bonds. The Morgan fingerprint density at radius 2 is 2.00 bits per heavy atom. The van der Waals surface area contributed by atoms with Crippen molar-refractivity contribution in [1.29, 1.82) is 5.26 Å². The van der Waals surface area contributed by atoms with Crippen molar-refractivity contribution < 1.29 is 22.3 Å². The molecule has 0 aliphatic carbocycles. The van der Waals surface area contributed by atoms with Crippen LogP contribution in [0.1, 0.15) is 11.1 Å². The zero-order chi connectivity index (χ0) is 18.4. The van der Waals surface area contributed by atoms with Crippen molar-refractivity contribution in [2.24, 2.45) is 0 Å². The predicted octanol–water partition coefficient (Wildman–Crippen LogP) is 3.84. The highest BCUT2D eigenvalue weighted by Gasteiger charge is 2.35. The number of aromatic amines is 1. The molecule has 5 nitrogen and oxygen atoms in total. The predicted molar refractivity (Wildman–Crippen MR) is 87.4 cm³/mol. The number of likely N-dealkylation sites (N-methyl/N-ethyl adjacent to an activating group) is 1. The van der Waals surface area contributed by atoms with Crippen LogP contribution in [-0.2, 0) is 10.9 Å². The van der Waals surface area contributed by atoms with Gasteiger partial charge in [0.1, 0.15) is 16.5 Å². The molecule has 25 heavy (non-hydrogen) atoms. The minimum atomic E-state index is -4.64. The van der Waals surface area contributed by atoms with Gasteiger partial charge >= 0.3 is 6.18 Å². The van der Waals surface area contributed by atoms with E-state index in [-0.39, 0.29) is 16.1 Å². The van der Waals surface area contributed by atoms with Crippen molar-refractivity contribution in [3.8, 4) is 17.5 Å². The van der Waals surface area contributed by atoms with Gasteiger partial charge in [0.25, 0.3) is 0 Å². The maximum atomic E-state index is 12.8. The first kappa shape index (κ1) is 19.2. The van der Waals surface area contributed by atoms with E-state index in [0.29, 0.717) is 0 Å². The molecule has 0 bridgehead atoms. The normalized spacial score (nSPS) is 15.2. The summed E-state index contributed by atoms with van der Waals surface area (Å²) in [5.41, 5.74) is -1.58. The molecular formula is C16H16F3N3O2S. The third-order valence-electron chi connectivity index (χ3n) is 3.47. The fourth-order valence-electron chi connectivity index (χ4n) is 2.11. The highest BCUT2D eigenvalue weighted by atomic mass is 32.1. The number of H-pyrrole nitrogens is 1. The third-order valence-corrected chi connectivity index (χ3v) is 3.78. The third kappa shape index (κ3) is 5.16. The van der Waals surface area contributed by atoms with Crippen molar-refractivity contribution in [3.63, 3.8) is 0 Å². The molecule has 0 radical (unpaired) electrons. The van der Waals surface area contributed by atoms with E-state index >= 15 is 0 Å². The second-order valence-corrected chi connectivity index (χ2v) is 5.71. The van der Waals surface area contributed by atoms with Crippen molar-refractivity contribution >= 4 is 12.2 Å². The minimum Gasteiger partial charge on any atom is -0.463 e. The summed E-state index contributed by atoms with van der Waals surface area (Å²) >= 11 is 4.75. The van der Waals surface area contributed by atoms with Crippen LogP contribution in [0.25, 0.3) is 11.5 Å². The van der Waals surface area contributed by atoms with Gasteiger partial charge in [-0.2, -0.15) is 18.4 Å². The van der Waals surface area contributed by atoms with Gasteiger partial charge < -0.3 is 19.0 Å². The lowest BCUT2D eigenvalue weighted by atomic mass is 10.1. The summed E-state index contributed by atoms with van der Waals surface area (Å²) in [6.45, 7) is 4.02. The lowest BCUT2D eigenvalue weighted by molar-refractivity contribution is -0.137. The van der Waals surface area contributed by atoms with E-state index in [1.165, 1.54) is 24.5 Å². The standard InChI is InChI=1S/C11H5F3N2OS.C5H11NO/c12-11(13,14)7-4-8(9-2-1-3-17-9)16-10(18)6(7)5-15;1-6-2-4-7-5-3-6/h1-4H,(H,16,18);2-5H2,1H3. The molecule has 3 rings (SSSR count). The summed E-state index contributed by atoms with van der Waals surface area (Å²) in [6.07, 6.45) is -3.31.